The molecule has 1 aromatic carbocycles. The highest BCUT2D eigenvalue weighted by molar-refractivity contribution is 6.04. The van der Waals surface area contributed by atoms with Gasteiger partial charge in [0.2, 0.25) is 0 Å². The minimum absolute atomic E-state index is 0.160. The van der Waals surface area contributed by atoms with E-state index in [2.05, 4.69) is 4.98 Å². The summed E-state index contributed by atoms with van der Waals surface area (Å²) in [6, 6.07) is 4.11. The Morgan fingerprint density at radius 1 is 1.00 bits per heavy atom. The fourth-order valence-corrected chi connectivity index (χ4v) is 1.33. The van der Waals surface area contributed by atoms with Crippen LogP contribution in [0.1, 0.15) is 10.4 Å². The summed E-state index contributed by atoms with van der Waals surface area (Å²) >= 11 is 0. The number of hydrogen-bond donors (Lipinski definition) is 1. The molecule has 0 radical (unpaired) electrons. The van der Waals surface area contributed by atoms with Crippen LogP contribution >= 0.6 is 0 Å². The fourth-order valence-electron chi connectivity index (χ4n) is 1.33. The fraction of sp³-hybridized carbons (Fsp3) is 0. The van der Waals surface area contributed by atoms with Crippen LogP contribution in [0.15, 0.2) is 36.7 Å². The van der Waals surface area contributed by atoms with Crippen LogP contribution in [0.25, 0.3) is 0 Å². The van der Waals surface area contributed by atoms with Crippen LogP contribution in [0.5, 0.6) is 0 Å². The van der Waals surface area contributed by atoms with Gasteiger partial charge in [-0.25, -0.2) is 13.2 Å². The van der Waals surface area contributed by atoms with Gasteiger partial charge in [-0.3, -0.25) is 9.78 Å². The molecule has 0 bridgehead atoms. The Labute approximate surface area is 100 Å². The maximum Gasteiger partial charge on any atom is 0.255 e. The SMILES string of the molecule is O=C(Nc1c(F)ccc(F)c1F)c1ccncc1. The summed E-state index contributed by atoms with van der Waals surface area (Å²) in [6.07, 6.45) is 2.71. The van der Waals surface area contributed by atoms with E-state index in [0.717, 1.165) is 6.07 Å². The predicted molar refractivity (Wildman–Crippen MR) is 58.5 cm³/mol. The van der Waals surface area contributed by atoms with Crippen LogP contribution in [0.4, 0.5) is 18.9 Å². The van der Waals surface area contributed by atoms with Crippen molar-refractivity contribution in [1.82, 2.24) is 4.98 Å². The molecule has 92 valence electrons. The van der Waals surface area contributed by atoms with E-state index in [4.69, 9.17) is 0 Å². The number of hydrogen-bond acceptors (Lipinski definition) is 2. The molecular formula is C12H7F3N2O. The van der Waals surface area contributed by atoms with Gasteiger partial charge in [-0.05, 0) is 24.3 Å². The quantitative estimate of drug-likeness (QED) is 0.835. The summed E-state index contributed by atoms with van der Waals surface area (Å²) in [6.45, 7) is 0. The molecule has 0 aliphatic carbocycles. The van der Waals surface area contributed by atoms with Crippen molar-refractivity contribution in [2.75, 3.05) is 5.32 Å². The Hall–Kier alpha value is -2.37. The highest BCUT2D eigenvalue weighted by Gasteiger charge is 2.16. The first-order chi connectivity index (χ1) is 8.59. The van der Waals surface area contributed by atoms with Crippen LogP contribution in [0.2, 0.25) is 0 Å². The number of aromatic nitrogens is 1. The molecule has 0 unspecified atom stereocenters. The number of benzene rings is 1. The van der Waals surface area contributed by atoms with Crippen LogP contribution < -0.4 is 5.32 Å². The van der Waals surface area contributed by atoms with Crippen molar-refractivity contribution in [3.05, 3.63) is 59.7 Å². The largest absolute Gasteiger partial charge is 0.317 e. The Kier molecular flexibility index (Phi) is 3.27. The molecule has 0 aliphatic rings. The number of carbonyl (C=O) groups excluding carboxylic acids is 1. The zero-order chi connectivity index (χ0) is 13.1. The Bertz CT molecular complexity index is 587. The average Bonchev–Trinajstić information content (AvgIpc) is 2.40. The second-order valence-electron chi connectivity index (χ2n) is 3.41. The van der Waals surface area contributed by atoms with E-state index in [-0.39, 0.29) is 5.56 Å². The van der Waals surface area contributed by atoms with Gasteiger partial charge in [0.15, 0.2) is 11.6 Å². The summed E-state index contributed by atoms with van der Waals surface area (Å²) in [5.74, 6) is -4.46. The predicted octanol–water partition coefficient (Wildman–Crippen LogP) is 2.75. The highest BCUT2D eigenvalue weighted by atomic mass is 19.2. The van der Waals surface area contributed by atoms with Gasteiger partial charge in [0.05, 0.1) is 0 Å². The maximum atomic E-state index is 13.3. The van der Waals surface area contributed by atoms with Gasteiger partial charge >= 0.3 is 0 Å². The topological polar surface area (TPSA) is 42.0 Å². The Morgan fingerprint density at radius 3 is 2.28 bits per heavy atom. The molecule has 18 heavy (non-hydrogen) atoms. The molecule has 0 saturated heterocycles. The molecule has 0 atom stereocenters. The van der Waals surface area contributed by atoms with Gasteiger partial charge in [-0.1, -0.05) is 0 Å². The number of nitrogens with one attached hydrogen (secondary N) is 1. The van der Waals surface area contributed by atoms with E-state index in [1.54, 1.807) is 0 Å². The number of carbonyl (C=O) groups is 1. The van der Waals surface area contributed by atoms with Crippen molar-refractivity contribution in [2.45, 2.75) is 0 Å². The average molecular weight is 252 g/mol. The second-order valence-corrected chi connectivity index (χ2v) is 3.41. The first kappa shape index (κ1) is 12.1. The van der Waals surface area contributed by atoms with E-state index in [1.165, 1.54) is 24.5 Å². The van der Waals surface area contributed by atoms with Gasteiger partial charge in [0, 0.05) is 18.0 Å². The Balaban J connectivity index is 2.30. The number of anilines is 1. The molecule has 1 heterocycles. The molecule has 2 aromatic rings. The lowest BCUT2D eigenvalue weighted by Crippen LogP contribution is -2.14. The van der Waals surface area contributed by atoms with E-state index >= 15 is 0 Å². The lowest BCUT2D eigenvalue weighted by molar-refractivity contribution is 0.102. The van der Waals surface area contributed by atoms with Crippen molar-refractivity contribution in [2.24, 2.45) is 0 Å². The lowest BCUT2D eigenvalue weighted by Gasteiger charge is -2.07. The van der Waals surface area contributed by atoms with Crippen molar-refractivity contribution >= 4 is 11.6 Å². The highest BCUT2D eigenvalue weighted by Crippen LogP contribution is 2.21. The standard InChI is InChI=1S/C12H7F3N2O/c13-8-1-2-9(14)11(10(8)15)17-12(18)7-3-5-16-6-4-7/h1-6H,(H,17,18). The number of rotatable bonds is 2. The first-order valence-corrected chi connectivity index (χ1v) is 4.94. The smallest absolute Gasteiger partial charge is 0.255 e. The Morgan fingerprint density at radius 2 is 1.61 bits per heavy atom. The first-order valence-electron chi connectivity index (χ1n) is 4.94. The van der Waals surface area contributed by atoms with Crippen molar-refractivity contribution in [1.29, 1.82) is 0 Å². The molecule has 1 aromatic heterocycles. The second kappa shape index (κ2) is 4.87. The molecule has 6 heteroatoms. The summed E-state index contributed by atoms with van der Waals surface area (Å²) < 4.78 is 39.5. The third kappa shape index (κ3) is 2.32. The van der Waals surface area contributed by atoms with Gasteiger partial charge < -0.3 is 5.32 Å². The normalized spacial score (nSPS) is 10.2. The summed E-state index contributed by atoms with van der Waals surface area (Å²) in [5.41, 5.74) is -0.648. The lowest BCUT2D eigenvalue weighted by atomic mass is 10.2. The van der Waals surface area contributed by atoms with E-state index in [0.29, 0.717) is 6.07 Å². The molecule has 2 rings (SSSR count). The van der Waals surface area contributed by atoms with Gasteiger partial charge in [-0.2, -0.15) is 0 Å². The maximum absolute atomic E-state index is 13.3. The number of halogens is 3. The third-order valence-electron chi connectivity index (χ3n) is 2.23. The molecule has 3 nitrogen and oxygen atoms in total. The molecule has 0 fully saturated rings. The van der Waals surface area contributed by atoms with E-state index < -0.39 is 29.0 Å². The number of nitrogens with zero attached hydrogens (tertiary/aromatic N) is 1. The zero-order valence-electron chi connectivity index (χ0n) is 8.95. The minimum atomic E-state index is -1.43. The van der Waals surface area contributed by atoms with Gasteiger partial charge in [0.1, 0.15) is 11.5 Å². The summed E-state index contributed by atoms with van der Waals surface area (Å²) in [5, 5.41) is 1.98. The molecular weight excluding hydrogens is 245 g/mol. The van der Waals surface area contributed by atoms with Crippen molar-refractivity contribution in [3.8, 4) is 0 Å². The molecule has 0 saturated carbocycles. The van der Waals surface area contributed by atoms with Crippen molar-refractivity contribution in [3.63, 3.8) is 0 Å². The van der Waals surface area contributed by atoms with Crippen molar-refractivity contribution < 1.29 is 18.0 Å². The monoisotopic (exact) mass is 252 g/mol. The van der Waals surface area contributed by atoms with Gasteiger partial charge in [0.25, 0.3) is 5.91 Å². The zero-order valence-corrected chi connectivity index (χ0v) is 8.95. The minimum Gasteiger partial charge on any atom is -0.317 e. The van der Waals surface area contributed by atoms with E-state index in [1.807, 2.05) is 5.32 Å². The molecule has 0 spiro atoms. The van der Waals surface area contributed by atoms with Crippen LogP contribution in [-0.2, 0) is 0 Å². The van der Waals surface area contributed by atoms with Gasteiger partial charge in [-0.15, -0.1) is 0 Å². The van der Waals surface area contributed by atoms with Crippen LogP contribution in [0.3, 0.4) is 0 Å². The summed E-state index contributed by atoms with van der Waals surface area (Å²) in [7, 11) is 0. The summed E-state index contributed by atoms with van der Waals surface area (Å²) in [4.78, 5) is 15.3. The van der Waals surface area contributed by atoms with E-state index in [9.17, 15) is 18.0 Å². The van der Waals surface area contributed by atoms with Crippen LogP contribution in [-0.4, -0.2) is 10.9 Å². The third-order valence-corrected chi connectivity index (χ3v) is 2.23. The molecule has 0 aliphatic heterocycles. The molecule has 1 amide bonds. The number of pyridine rings is 1. The number of amides is 1. The molecule has 1 N–H and O–H groups in total. The van der Waals surface area contributed by atoms with Crippen LogP contribution in [0, 0.1) is 17.5 Å².